The number of benzene rings is 1. The van der Waals surface area contributed by atoms with Crippen molar-refractivity contribution in [3.63, 3.8) is 0 Å². The molecule has 2 nitrogen and oxygen atoms in total. The third kappa shape index (κ3) is 3.44. The van der Waals surface area contributed by atoms with Crippen molar-refractivity contribution in [2.24, 2.45) is 0 Å². The number of aryl methyl sites for hydroxylation is 1. The van der Waals surface area contributed by atoms with Gasteiger partial charge in [-0.1, -0.05) is 31.2 Å². The molecule has 3 heteroatoms. The van der Waals surface area contributed by atoms with Crippen molar-refractivity contribution in [1.29, 1.82) is 0 Å². The van der Waals surface area contributed by atoms with E-state index < -0.39 is 9.28 Å². The van der Waals surface area contributed by atoms with Crippen LogP contribution in [0.5, 0.6) is 0 Å². The van der Waals surface area contributed by atoms with E-state index in [1.165, 1.54) is 10.8 Å². The molecule has 0 aliphatic rings. The molecule has 0 heterocycles. The predicted octanol–water partition coefficient (Wildman–Crippen LogP) is 2.27. The van der Waals surface area contributed by atoms with Crippen LogP contribution in [-0.4, -0.2) is 22.0 Å². The summed E-state index contributed by atoms with van der Waals surface area (Å²) in [7, 11) is -0.00815. The molecule has 0 fully saturated rings. The zero-order chi connectivity index (χ0) is 12.2. The van der Waals surface area contributed by atoms with Crippen molar-refractivity contribution >= 4 is 14.5 Å². The molecule has 0 aliphatic heterocycles. The Balaban J connectivity index is 2.87. The van der Waals surface area contributed by atoms with Gasteiger partial charge in [0.15, 0.2) is 0 Å². The Labute approximate surface area is 100 Å². The minimum absolute atomic E-state index is 0.102. The molecule has 1 aromatic rings. The molecular weight excluding hydrogens is 216 g/mol. The van der Waals surface area contributed by atoms with Crippen molar-refractivity contribution in [2.75, 3.05) is 7.11 Å². The second-order valence-electron chi connectivity index (χ2n) is 4.66. The molecule has 1 unspecified atom stereocenters. The first-order valence-electron chi connectivity index (χ1n) is 5.76. The average molecular weight is 238 g/mol. The zero-order valence-electron chi connectivity index (χ0n) is 10.9. The molecule has 90 valence electrons. The normalized spacial score (nSPS) is 13.8. The summed E-state index contributed by atoms with van der Waals surface area (Å²) in [5.74, 6) is 0. The van der Waals surface area contributed by atoms with Gasteiger partial charge >= 0.3 is 9.28 Å². The molecule has 1 aromatic carbocycles. The Morgan fingerprint density at radius 2 is 1.88 bits per heavy atom. The lowest BCUT2D eigenvalue weighted by molar-refractivity contribution is 0.0765. The van der Waals surface area contributed by atoms with Crippen LogP contribution in [0.25, 0.3) is 0 Å². The van der Waals surface area contributed by atoms with Crippen molar-refractivity contribution < 1.29 is 8.85 Å². The van der Waals surface area contributed by atoms with Gasteiger partial charge in [0.2, 0.25) is 0 Å². The van der Waals surface area contributed by atoms with Crippen LogP contribution in [0, 0.1) is 6.92 Å². The van der Waals surface area contributed by atoms with Crippen LogP contribution in [-0.2, 0) is 8.85 Å². The topological polar surface area (TPSA) is 18.5 Å². The van der Waals surface area contributed by atoms with Crippen LogP contribution >= 0.6 is 0 Å². The fourth-order valence-electron chi connectivity index (χ4n) is 1.46. The third-order valence-corrected chi connectivity index (χ3v) is 5.37. The van der Waals surface area contributed by atoms with Crippen LogP contribution in [0.4, 0.5) is 0 Å². The Morgan fingerprint density at radius 1 is 1.25 bits per heavy atom. The highest BCUT2D eigenvalue weighted by molar-refractivity contribution is 6.61. The van der Waals surface area contributed by atoms with Gasteiger partial charge in [-0.05, 0) is 37.9 Å². The molecule has 0 bridgehead atoms. The van der Waals surface area contributed by atoms with Crippen LogP contribution in [0.2, 0.25) is 0 Å². The van der Waals surface area contributed by atoms with Gasteiger partial charge in [0.25, 0.3) is 0 Å². The highest BCUT2D eigenvalue weighted by Gasteiger charge is 2.25. The molecule has 0 aromatic heterocycles. The third-order valence-electron chi connectivity index (χ3n) is 2.93. The summed E-state index contributed by atoms with van der Waals surface area (Å²) < 4.78 is 11.7. The molecule has 0 radical (unpaired) electrons. The molecule has 0 amide bonds. The summed E-state index contributed by atoms with van der Waals surface area (Å²) in [5.41, 5.74) is 1.16. The Kier molecular flexibility index (Phi) is 4.71. The highest BCUT2D eigenvalue weighted by Crippen LogP contribution is 2.15. The molecule has 0 N–H and O–H groups in total. The van der Waals surface area contributed by atoms with Crippen LogP contribution in [0.15, 0.2) is 24.3 Å². The van der Waals surface area contributed by atoms with Crippen LogP contribution in [0.1, 0.15) is 32.8 Å². The van der Waals surface area contributed by atoms with E-state index >= 15 is 0 Å². The zero-order valence-corrected chi connectivity index (χ0v) is 12.1. The van der Waals surface area contributed by atoms with E-state index in [4.69, 9.17) is 8.85 Å². The molecule has 0 saturated carbocycles. The van der Waals surface area contributed by atoms with E-state index in [9.17, 15) is 0 Å². The monoisotopic (exact) mass is 238 g/mol. The highest BCUT2D eigenvalue weighted by atomic mass is 28.3. The average Bonchev–Trinajstić information content (AvgIpc) is 2.27. The van der Waals surface area contributed by atoms with Crippen molar-refractivity contribution in [2.45, 2.75) is 39.7 Å². The van der Waals surface area contributed by atoms with Crippen LogP contribution in [0.3, 0.4) is 0 Å². The smallest absolute Gasteiger partial charge is 0.356 e. The molecular formula is C13H22O2Si. The summed E-state index contributed by atoms with van der Waals surface area (Å²) in [6.07, 6.45) is 0.992. The van der Waals surface area contributed by atoms with Gasteiger partial charge in [-0.3, -0.25) is 0 Å². The lowest BCUT2D eigenvalue weighted by Gasteiger charge is -2.29. The van der Waals surface area contributed by atoms with Crippen molar-refractivity contribution in [3.05, 3.63) is 29.8 Å². The SMILES string of the molecule is CCC(C)(C)O[SiH](OC)c1ccccc1C. The lowest BCUT2D eigenvalue weighted by Crippen LogP contribution is -2.44. The summed E-state index contributed by atoms with van der Waals surface area (Å²) in [5, 5.41) is 1.24. The summed E-state index contributed by atoms with van der Waals surface area (Å²) in [6.45, 7) is 8.48. The Bertz CT molecular complexity index is 336. The first-order chi connectivity index (χ1) is 7.50. The molecule has 16 heavy (non-hydrogen) atoms. The van der Waals surface area contributed by atoms with E-state index in [0.29, 0.717) is 0 Å². The van der Waals surface area contributed by atoms with E-state index in [1.54, 1.807) is 7.11 Å². The Morgan fingerprint density at radius 3 is 2.38 bits per heavy atom. The number of rotatable bonds is 5. The number of hydrogen-bond donors (Lipinski definition) is 0. The fraction of sp³-hybridized carbons (Fsp3) is 0.538. The quantitative estimate of drug-likeness (QED) is 0.733. The first-order valence-corrected chi connectivity index (χ1v) is 7.28. The fourth-order valence-corrected chi connectivity index (χ4v) is 3.42. The molecule has 1 atom stereocenters. The van der Waals surface area contributed by atoms with Crippen molar-refractivity contribution in [3.8, 4) is 0 Å². The minimum Gasteiger partial charge on any atom is -0.397 e. The van der Waals surface area contributed by atoms with Gasteiger partial charge < -0.3 is 8.85 Å². The van der Waals surface area contributed by atoms with Gasteiger partial charge in [-0.15, -0.1) is 0 Å². The Hall–Kier alpha value is -0.643. The second-order valence-corrected chi connectivity index (χ2v) is 6.65. The maximum atomic E-state index is 6.12. The molecule has 0 spiro atoms. The van der Waals surface area contributed by atoms with Gasteiger partial charge in [0, 0.05) is 7.11 Å². The molecule has 1 rings (SSSR count). The van der Waals surface area contributed by atoms with Crippen molar-refractivity contribution in [1.82, 2.24) is 0 Å². The molecule has 0 saturated heterocycles. The minimum atomic E-state index is -1.75. The first kappa shape index (κ1) is 13.4. The van der Waals surface area contributed by atoms with E-state index in [1.807, 2.05) is 12.1 Å². The van der Waals surface area contributed by atoms with E-state index in [0.717, 1.165) is 6.42 Å². The maximum Gasteiger partial charge on any atom is 0.356 e. The summed E-state index contributed by atoms with van der Waals surface area (Å²) in [4.78, 5) is 0. The standard InChI is InChI=1S/C13H22O2Si/c1-6-13(3,4)15-16(14-5)12-10-8-7-9-11(12)2/h7-10,16H,6H2,1-5H3. The van der Waals surface area contributed by atoms with Gasteiger partial charge in [0.1, 0.15) is 0 Å². The van der Waals surface area contributed by atoms with Gasteiger partial charge in [0.05, 0.1) is 5.60 Å². The van der Waals surface area contributed by atoms with Crippen LogP contribution < -0.4 is 5.19 Å². The lowest BCUT2D eigenvalue weighted by atomic mass is 10.1. The van der Waals surface area contributed by atoms with E-state index in [-0.39, 0.29) is 5.60 Å². The van der Waals surface area contributed by atoms with E-state index in [2.05, 4.69) is 39.8 Å². The molecule has 0 aliphatic carbocycles. The summed E-state index contributed by atoms with van der Waals surface area (Å²) >= 11 is 0. The summed E-state index contributed by atoms with van der Waals surface area (Å²) in [6, 6.07) is 8.31. The predicted molar refractivity (Wildman–Crippen MR) is 70.4 cm³/mol. The second kappa shape index (κ2) is 5.62. The van der Waals surface area contributed by atoms with Gasteiger partial charge in [-0.25, -0.2) is 0 Å². The largest absolute Gasteiger partial charge is 0.397 e. The maximum absolute atomic E-state index is 6.12. The number of hydrogen-bond acceptors (Lipinski definition) is 2. The van der Waals surface area contributed by atoms with Gasteiger partial charge in [-0.2, -0.15) is 0 Å².